The number of nitrogens with zero attached hydrogens (tertiary/aromatic N) is 1. The Morgan fingerprint density at radius 1 is 1.45 bits per heavy atom. The Kier molecular flexibility index (Phi) is 2.70. The first kappa shape index (κ1) is 9.20. The van der Waals surface area contributed by atoms with Gasteiger partial charge >= 0.3 is 0 Å². The van der Waals surface area contributed by atoms with Gasteiger partial charge in [-0.2, -0.15) is 0 Å². The van der Waals surface area contributed by atoms with Gasteiger partial charge < -0.3 is 0 Å². The van der Waals surface area contributed by atoms with Crippen molar-refractivity contribution in [2.75, 3.05) is 5.75 Å². The third-order valence-electron chi connectivity index (χ3n) is 1.01. The summed E-state index contributed by atoms with van der Waals surface area (Å²) >= 11 is 3.50. The normalized spacial score (nSPS) is 23.2. The summed E-state index contributed by atoms with van der Waals surface area (Å²) in [5.41, 5.74) is 0.0555. The van der Waals surface area contributed by atoms with Gasteiger partial charge in [-0.25, -0.2) is 0 Å². The molecule has 1 nitrogen and oxygen atoms in total. The van der Waals surface area contributed by atoms with E-state index >= 15 is 0 Å². The molecular formula is C8H13NS2. The van der Waals surface area contributed by atoms with Crippen molar-refractivity contribution in [3.8, 4) is 0 Å². The minimum Gasteiger partial charge on any atom is -0.266 e. The second-order valence-corrected chi connectivity index (χ2v) is 5.87. The van der Waals surface area contributed by atoms with Gasteiger partial charge in [0.05, 0.1) is 5.54 Å². The largest absolute Gasteiger partial charge is 0.266 e. The minimum absolute atomic E-state index is 0.0555. The van der Waals surface area contributed by atoms with E-state index in [0.29, 0.717) is 0 Å². The Labute approximate surface area is 76.7 Å². The molecular weight excluding hydrogens is 174 g/mol. The van der Waals surface area contributed by atoms with Crippen LogP contribution in [0, 0.1) is 0 Å². The zero-order chi connectivity index (χ0) is 8.48. The van der Waals surface area contributed by atoms with Crippen LogP contribution in [-0.2, 0) is 0 Å². The predicted molar refractivity (Wildman–Crippen MR) is 56.4 cm³/mol. The molecule has 1 saturated heterocycles. The Bertz CT molecular complexity index is 201. The summed E-state index contributed by atoms with van der Waals surface area (Å²) in [5.74, 6) is 1.03. The van der Waals surface area contributed by atoms with Gasteiger partial charge in [0.2, 0.25) is 0 Å². The molecule has 0 radical (unpaired) electrons. The molecule has 11 heavy (non-hydrogen) atoms. The van der Waals surface area contributed by atoms with Crippen LogP contribution in [0.25, 0.3) is 0 Å². The Balaban J connectivity index is 2.62. The monoisotopic (exact) mass is 187 g/mol. The average Bonchev–Trinajstić information content (AvgIpc) is 2.10. The summed E-state index contributed by atoms with van der Waals surface area (Å²) in [6.07, 6.45) is 0. The highest BCUT2D eigenvalue weighted by Crippen LogP contribution is 2.36. The smallest absolute Gasteiger partial charge is 0.129 e. The van der Waals surface area contributed by atoms with Gasteiger partial charge in [-0.1, -0.05) is 30.1 Å². The number of hydrogen-bond donors (Lipinski definition) is 0. The van der Waals surface area contributed by atoms with Crippen molar-refractivity contribution >= 4 is 27.9 Å². The van der Waals surface area contributed by atoms with Crippen LogP contribution in [0.15, 0.2) is 16.5 Å². The summed E-state index contributed by atoms with van der Waals surface area (Å²) < 4.78 is 1.17. The maximum absolute atomic E-state index is 4.54. The summed E-state index contributed by atoms with van der Waals surface area (Å²) in [5, 5.41) is 0. The van der Waals surface area contributed by atoms with Crippen LogP contribution >= 0.6 is 23.5 Å². The van der Waals surface area contributed by atoms with E-state index in [2.05, 4.69) is 32.3 Å². The molecule has 0 unspecified atom stereocenters. The third kappa shape index (κ3) is 3.34. The summed E-state index contributed by atoms with van der Waals surface area (Å²) in [6, 6.07) is 0. The molecule has 0 aromatic rings. The first-order chi connectivity index (χ1) is 4.97. The maximum Gasteiger partial charge on any atom is 0.129 e. The van der Waals surface area contributed by atoms with Crippen molar-refractivity contribution in [1.29, 1.82) is 0 Å². The SMILES string of the molecule is C=C1CSC(=NC(C)(C)C)S1. The lowest BCUT2D eigenvalue weighted by atomic mass is 10.1. The highest BCUT2D eigenvalue weighted by Gasteiger charge is 2.17. The van der Waals surface area contributed by atoms with Crippen molar-refractivity contribution in [1.82, 2.24) is 0 Å². The van der Waals surface area contributed by atoms with Crippen molar-refractivity contribution < 1.29 is 0 Å². The lowest BCUT2D eigenvalue weighted by Crippen LogP contribution is -2.10. The van der Waals surface area contributed by atoms with Gasteiger partial charge in [0.15, 0.2) is 0 Å². The number of hydrogen-bond acceptors (Lipinski definition) is 3. The first-order valence-electron chi connectivity index (χ1n) is 3.56. The molecule has 0 saturated carbocycles. The molecule has 1 heterocycles. The van der Waals surface area contributed by atoms with E-state index in [1.807, 2.05) is 0 Å². The van der Waals surface area contributed by atoms with Crippen LogP contribution < -0.4 is 0 Å². The maximum atomic E-state index is 4.54. The van der Waals surface area contributed by atoms with Crippen molar-refractivity contribution in [2.24, 2.45) is 4.99 Å². The zero-order valence-corrected chi connectivity index (χ0v) is 8.81. The minimum atomic E-state index is 0.0555. The standard InChI is InChI=1S/C8H13NS2/c1-6-5-10-7(11-6)9-8(2,3)4/h1,5H2,2-4H3. The fourth-order valence-electron chi connectivity index (χ4n) is 0.654. The van der Waals surface area contributed by atoms with E-state index in [4.69, 9.17) is 0 Å². The van der Waals surface area contributed by atoms with Gasteiger partial charge in [0.25, 0.3) is 0 Å². The number of rotatable bonds is 0. The van der Waals surface area contributed by atoms with Crippen LogP contribution in [0.1, 0.15) is 20.8 Å². The van der Waals surface area contributed by atoms with Gasteiger partial charge in [-0.3, -0.25) is 4.99 Å². The fraction of sp³-hybridized carbons (Fsp3) is 0.625. The van der Waals surface area contributed by atoms with E-state index in [1.54, 1.807) is 23.5 Å². The van der Waals surface area contributed by atoms with Crippen LogP contribution in [0.2, 0.25) is 0 Å². The highest BCUT2D eigenvalue weighted by molar-refractivity contribution is 8.43. The fourth-order valence-corrected chi connectivity index (χ4v) is 3.02. The second kappa shape index (κ2) is 3.23. The third-order valence-corrected chi connectivity index (χ3v) is 3.33. The topological polar surface area (TPSA) is 12.4 Å². The van der Waals surface area contributed by atoms with E-state index in [9.17, 15) is 0 Å². The van der Waals surface area contributed by atoms with E-state index in [1.165, 1.54) is 9.28 Å². The Morgan fingerprint density at radius 2 is 2.09 bits per heavy atom. The van der Waals surface area contributed by atoms with Crippen molar-refractivity contribution in [2.45, 2.75) is 26.3 Å². The van der Waals surface area contributed by atoms with Gasteiger partial charge in [-0.05, 0) is 25.7 Å². The predicted octanol–water partition coefficient (Wildman–Crippen LogP) is 3.13. The Hall–Kier alpha value is 0.110. The summed E-state index contributed by atoms with van der Waals surface area (Å²) in [7, 11) is 0. The molecule has 0 atom stereocenters. The molecule has 0 aliphatic carbocycles. The zero-order valence-electron chi connectivity index (χ0n) is 7.18. The average molecular weight is 187 g/mol. The van der Waals surface area contributed by atoms with Crippen molar-refractivity contribution in [3.63, 3.8) is 0 Å². The molecule has 0 amide bonds. The molecule has 1 rings (SSSR count). The molecule has 0 aromatic carbocycles. The molecule has 62 valence electrons. The van der Waals surface area contributed by atoms with E-state index in [-0.39, 0.29) is 5.54 Å². The van der Waals surface area contributed by atoms with Gasteiger partial charge in [-0.15, -0.1) is 0 Å². The van der Waals surface area contributed by atoms with Crippen LogP contribution in [0.3, 0.4) is 0 Å². The summed E-state index contributed by atoms with van der Waals surface area (Å²) in [4.78, 5) is 5.76. The molecule has 0 bridgehead atoms. The molecule has 1 aliphatic rings. The van der Waals surface area contributed by atoms with Crippen LogP contribution in [0.4, 0.5) is 0 Å². The molecule has 3 heteroatoms. The molecule has 0 spiro atoms. The van der Waals surface area contributed by atoms with E-state index in [0.717, 1.165) is 5.75 Å². The highest BCUT2D eigenvalue weighted by atomic mass is 32.2. The number of aliphatic imine (C=N–C) groups is 1. The molecule has 1 aliphatic heterocycles. The van der Waals surface area contributed by atoms with Crippen molar-refractivity contribution in [3.05, 3.63) is 11.5 Å². The quantitative estimate of drug-likeness (QED) is 0.577. The lowest BCUT2D eigenvalue weighted by Gasteiger charge is -2.11. The molecule has 0 N–H and O–H groups in total. The van der Waals surface area contributed by atoms with Gasteiger partial charge in [0.1, 0.15) is 4.38 Å². The second-order valence-electron chi connectivity index (χ2n) is 3.48. The lowest BCUT2D eigenvalue weighted by molar-refractivity contribution is 0.587. The van der Waals surface area contributed by atoms with Crippen LogP contribution in [-0.4, -0.2) is 15.7 Å². The van der Waals surface area contributed by atoms with Gasteiger partial charge in [0, 0.05) is 5.75 Å². The summed E-state index contributed by atoms with van der Waals surface area (Å²) in [6.45, 7) is 10.2. The molecule has 1 fully saturated rings. The first-order valence-corrected chi connectivity index (χ1v) is 5.36. The van der Waals surface area contributed by atoms with Crippen LogP contribution in [0.5, 0.6) is 0 Å². The Morgan fingerprint density at radius 3 is 2.45 bits per heavy atom. The number of thioether (sulfide) groups is 2. The van der Waals surface area contributed by atoms with E-state index < -0.39 is 0 Å². The molecule has 0 aromatic heterocycles.